The molecule has 0 atom stereocenters. The molecule has 1 aliphatic carbocycles. The van der Waals surface area contributed by atoms with Crippen molar-refractivity contribution in [3.05, 3.63) is 47.6 Å². The van der Waals surface area contributed by atoms with Gasteiger partial charge in [-0.15, -0.1) is 0 Å². The Labute approximate surface area is 109 Å². The van der Waals surface area contributed by atoms with Crippen LogP contribution in [-0.2, 0) is 4.79 Å². The molecule has 0 unspecified atom stereocenters. The third-order valence-corrected chi connectivity index (χ3v) is 3.38. The summed E-state index contributed by atoms with van der Waals surface area (Å²) in [5.41, 5.74) is 4.91. The summed E-state index contributed by atoms with van der Waals surface area (Å²) in [5, 5.41) is 0. The molecule has 0 heterocycles. The molecule has 1 aromatic carbocycles. The van der Waals surface area contributed by atoms with E-state index in [1.807, 2.05) is 12.1 Å². The maximum Gasteiger partial charge on any atom is 0.223 e. The first-order valence-electron chi connectivity index (χ1n) is 6.30. The number of allylic oxidation sites excluding steroid dienone is 4. The van der Waals surface area contributed by atoms with Gasteiger partial charge in [-0.3, -0.25) is 4.79 Å². The summed E-state index contributed by atoms with van der Waals surface area (Å²) in [7, 11) is 1.80. The van der Waals surface area contributed by atoms with Gasteiger partial charge in [0.05, 0.1) is 0 Å². The van der Waals surface area contributed by atoms with Crippen molar-refractivity contribution in [2.24, 2.45) is 0 Å². The predicted octanol–water partition coefficient (Wildman–Crippen LogP) is 3.79. The normalized spacial score (nSPS) is 14.8. The SMILES string of the molecule is CC(=O)N(C)c1ccc(C2=CC(C)=CCC2)cc1. The first-order chi connectivity index (χ1) is 8.58. The van der Waals surface area contributed by atoms with Crippen molar-refractivity contribution in [2.75, 3.05) is 11.9 Å². The van der Waals surface area contributed by atoms with Gasteiger partial charge in [0.25, 0.3) is 0 Å². The fraction of sp³-hybridized carbons (Fsp3) is 0.312. The Morgan fingerprint density at radius 2 is 1.89 bits per heavy atom. The first kappa shape index (κ1) is 12.6. The molecule has 0 saturated heterocycles. The van der Waals surface area contributed by atoms with E-state index >= 15 is 0 Å². The lowest BCUT2D eigenvalue weighted by Crippen LogP contribution is -2.22. The number of carbonyl (C=O) groups is 1. The van der Waals surface area contributed by atoms with Gasteiger partial charge in [-0.1, -0.05) is 29.9 Å². The molecule has 0 bridgehead atoms. The smallest absolute Gasteiger partial charge is 0.223 e. The standard InChI is InChI=1S/C16H19NO/c1-12-5-4-6-15(11-12)14-7-9-16(10-8-14)17(3)13(2)18/h5,7-11H,4,6H2,1-3H3. The van der Waals surface area contributed by atoms with Crippen LogP contribution in [0.1, 0.15) is 32.3 Å². The molecule has 1 aromatic rings. The zero-order chi connectivity index (χ0) is 13.1. The number of carbonyl (C=O) groups excluding carboxylic acids is 1. The Kier molecular flexibility index (Phi) is 3.66. The molecule has 0 N–H and O–H groups in total. The molecular formula is C16H19NO. The molecule has 2 nitrogen and oxygen atoms in total. The molecule has 2 heteroatoms. The van der Waals surface area contributed by atoms with Crippen LogP contribution in [-0.4, -0.2) is 13.0 Å². The molecule has 0 aromatic heterocycles. The van der Waals surface area contributed by atoms with Crippen LogP contribution >= 0.6 is 0 Å². The van der Waals surface area contributed by atoms with Crippen LogP contribution < -0.4 is 4.90 Å². The van der Waals surface area contributed by atoms with Crippen LogP contribution in [0.5, 0.6) is 0 Å². The highest BCUT2D eigenvalue weighted by Crippen LogP contribution is 2.27. The highest BCUT2D eigenvalue weighted by molar-refractivity contribution is 5.91. The van der Waals surface area contributed by atoms with E-state index in [9.17, 15) is 4.79 Å². The Hall–Kier alpha value is -1.83. The van der Waals surface area contributed by atoms with Crippen molar-refractivity contribution in [1.82, 2.24) is 0 Å². The Morgan fingerprint density at radius 3 is 2.44 bits per heavy atom. The molecule has 94 valence electrons. The molecule has 0 radical (unpaired) electrons. The van der Waals surface area contributed by atoms with Crippen molar-refractivity contribution in [2.45, 2.75) is 26.7 Å². The average Bonchev–Trinajstić information content (AvgIpc) is 2.38. The molecule has 0 spiro atoms. The van der Waals surface area contributed by atoms with Gasteiger partial charge in [-0.2, -0.15) is 0 Å². The monoisotopic (exact) mass is 241 g/mol. The second kappa shape index (κ2) is 5.21. The number of anilines is 1. The number of rotatable bonds is 2. The van der Waals surface area contributed by atoms with Gasteiger partial charge in [0.2, 0.25) is 5.91 Å². The summed E-state index contributed by atoms with van der Waals surface area (Å²) >= 11 is 0. The summed E-state index contributed by atoms with van der Waals surface area (Å²) in [5.74, 6) is 0.0541. The topological polar surface area (TPSA) is 20.3 Å². The van der Waals surface area contributed by atoms with E-state index in [2.05, 4.69) is 31.2 Å². The van der Waals surface area contributed by atoms with E-state index in [1.54, 1.807) is 18.9 Å². The summed E-state index contributed by atoms with van der Waals surface area (Å²) in [6, 6.07) is 8.20. The van der Waals surface area contributed by atoms with Crippen LogP contribution in [0, 0.1) is 0 Å². The van der Waals surface area contributed by atoms with Crippen molar-refractivity contribution in [3.63, 3.8) is 0 Å². The van der Waals surface area contributed by atoms with E-state index in [1.165, 1.54) is 16.7 Å². The minimum Gasteiger partial charge on any atom is -0.316 e. The fourth-order valence-corrected chi connectivity index (χ4v) is 2.17. The van der Waals surface area contributed by atoms with Crippen molar-refractivity contribution in [3.8, 4) is 0 Å². The minimum atomic E-state index is 0.0541. The zero-order valence-corrected chi connectivity index (χ0v) is 11.2. The molecule has 0 saturated carbocycles. The number of nitrogens with zero attached hydrogens (tertiary/aromatic N) is 1. The first-order valence-corrected chi connectivity index (χ1v) is 6.30. The zero-order valence-electron chi connectivity index (χ0n) is 11.2. The van der Waals surface area contributed by atoms with Crippen molar-refractivity contribution in [1.29, 1.82) is 0 Å². The summed E-state index contributed by atoms with van der Waals surface area (Å²) < 4.78 is 0. The van der Waals surface area contributed by atoms with E-state index in [-0.39, 0.29) is 5.91 Å². The van der Waals surface area contributed by atoms with Gasteiger partial charge in [0, 0.05) is 19.7 Å². The third kappa shape index (κ3) is 2.70. The maximum absolute atomic E-state index is 11.3. The number of hydrogen-bond acceptors (Lipinski definition) is 1. The molecular weight excluding hydrogens is 222 g/mol. The van der Waals surface area contributed by atoms with Gasteiger partial charge in [0.15, 0.2) is 0 Å². The van der Waals surface area contributed by atoms with Gasteiger partial charge >= 0.3 is 0 Å². The number of hydrogen-bond donors (Lipinski definition) is 0. The lowest BCUT2D eigenvalue weighted by molar-refractivity contribution is -0.116. The van der Waals surface area contributed by atoms with Crippen LogP contribution in [0.25, 0.3) is 5.57 Å². The Bertz CT molecular complexity index is 508. The van der Waals surface area contributed by atoms with Gasteiger partial charge < -0.3 is 4.90 Å². The van der Waals surface area contributed by atoms with Crippen LogP contribution in [0.15, 0.2) is 42.0 Å². The maximum atomic E-state index is 11.3. The second-order valence-electron chi connectivity index (χ2n) is 4.78. The van der Waals surface area contributed by atoms with Crippen LogP contribution in [0.3, 0.4) is 0 Å². The Balaban J connectivity index is 2.23. The van der Waals surface area contributed by atoms with E-state index in [4.69, 9.17) is 0 Å². The largest absolute Gasteiger partial charge is 0.316 e. The molecule has 0 fully saturated rings. The van der Waals surface area contributed by atoms with Gasteiger partial charge in [0.1, 0.15) is 0 Å². The van der Waals surface area contributed by atoms with E-state index in [0.29, 0.717) is 0 Å². The fourth-order valence-electron chi connectivity index (χ4n) is 2.17. The van der Waals surface area contributed by atoms with E-state index in [0.717, 1.165) is 18.5 Å². The summed E-state index contributed by atoms with van der Waals surface area (Å²) in [6.07, 6.45) is 6.72. The average molecular weight is 241 g/mol. The highest BCUT2D eigenvalue weighted by atomic mass is 16.2. The van der Waals surface area contributed by atoms with E-state index < -0.39 is 0 Å². The lowest BCUT2D eigenvalue weighted by Gasteiger charge is -2.17. The molecule has 2 rings (SSSR count). The predicted molar refractivity (Wildman–Crippen MR) is 76.5 cm³/mol. The van der Waals surface area contributed by atoms with Crippen LogP contribution in [0.2, 0.25) is 0 Å². The number of amides is 1. The summed E-state index contributed by atoms with van der Waals surface area (Å²) in [6.45, 7) is 3.71. The van der Waals surface area contributed by atoms with Crippen LogP contribution in [0.4, 0.5) is 5.69 Å². The van der Waals surface area contributed by atoms with Crippen molar-refractivity contribution >= 4 is 17.2 Å². The van der Waals surface area contributed by atoms with Gasteiger partial charge in [-0.25, -0.2) is 0 Å². The quantitative estimate of drug-likeness (QED) is 0.771. The second-order valence-corrected chi connectivity index (χ2v) is 4.78. The molecule has 1 amide bonds. The molecule has 1 aliphatic rings. The Morgan fingerprint density at radius 1 is 1.22 bits per heavy atom. The third-order valence-electron chi connectivity index (χ3n) is 3.38. The molecule has 18 heavy (non-hydrogen) atoms. The van der Waals surface area contributed by atoms with Crippen molar-refractivity contribution < 1.29 is 4.79 Å². The summed E-state index contributed by atoms with van der Waals surface area (Å²) in [4.78, 5) is 12.9. The van der Waals surface area contributed by atoms with Gasteiger partial charge in [-0.05, 0) is 43.0 Å². The highest BCUT2D eigenvalue weighted by Gasteiger charge is 2.08. The number of benzene rings is 1. The minimum absolute atomic E-state index is 0.0541. The molecule has 0 aliphatic heterocycles. The lowest BCUT2D eigenvalue weighted by atomic mass is 9.94.